The van der Waals surface area contributed by atoms with Gasteiger partial charge >= 0.3 is 0 Å². The number of hydrogen-bond acceptors (Lipinski definition) is 3. The first-order valence-electron chi connectivity index (χ1n) is 5.05. The molecule has 0 bridgehead atoms. The first-order chi connectivity index (χ1) is 7.30. The zero-order chi connectivity index (χ0) is 12.0. The van der Waals surface area contributed by atoms with Gasteiger partial charge in [-0.3, -0.25) is 0 Å². The fraction of sp³-hybridized carbons (Fsp3) is 0.455. The summed E-state index contributed by atoms with van der Waals surface area (Å²) in [5.74, 6) is -0.419. The standard InChI is InChI=1S/C11H13ClO3S/c1-8-2-3-9-4-5-11(13,10(9)6-8)7-16(12,14)15/h2-3,6,13H,4-5,7H2,1H3. The second-order valence-corrected chi connectivity index (χ2v) is 7.15. The lowest BCUT2D eigenvalue weighted by Crippen LogP contribution is -2.30. The van der Waals surface area contributed by atoms with Crippen LogP contribution in [-0.2, 0) is 21.1 Å². The first-order valence-corrected chi connectivity index (χ1v) is 7.53. The fourth-order valence-electron chi connectivity index (χ4n) is 2.25. The van der Waals surface area contributed by atoms with Crippen molar-refractivity contribution in [3.63, 3.8) is 0 Å². The molecule has 0 amide bonds. The van der Waals surface area contributed by atoms with Crippen LogP contribution in [0.5, 0.6) is 0 Å². The van der Waals surface area contributed by atoms with E-state index in [9.17, 15) is 13.5 Å². The van der Waals surface area contributed by atoms with Gasteiger partial charge in [0.25, 0.3) is 0 Å². The summed E-state index contributed by atoms with van der Waals surface area (Å²) in [4.78, 5) is 0. The predicted molar refractivity (Wildman–Crippen MR) is 63.0 cm³/mol. The summed E-state index contributed by atoms with van der Waals surface area (Å²) in [6, 6.07) is 5.73. The topological polar surface area (TPSA) is 54.4 Å². The van der Waals surface area contributed by atoms with Gasteiger partial charge < -0.3 is 5.11 Å². The van der Waals surface area contributed by atoms with Gasteiger partial charge in [0.1, 0.15) is 5.60 Å². The maximum absolute atomic E-state index is 11.1. The van der Waals surface area contributed by atoms with Crippen LogP contribution in [0.1, 0.15) is 23.1 Å². The van der Waals surface area contributed by atoms with Gasteiger partial charge in [0.2, 0.25) is 9.05 Å². The molecule has 1 aliphatic carbocycles. The summed E-state index contributed by atoms with van der Waals surface area (Å²) in [6.07, 6.45) is 1.11. The van der Waals surface area contributed by atoms with Crippen molar-refractivity contribution in [1.29, 1.82) is 0 Å². The molecule has 0 radical (unpaired) electrons. The molecule has 2 rings (SSSR count). The lowest BCUT2D eigenvalue weighted by atomic mass is 9.97. The third-order valence-electron chi connectivity index (χ3n) is 2.99. The Morgan fingerprint density at radius 2 is 2.19 bits per heavy atom. The van der Waals surface area contributed by atoms with Gasteiger partial charge in [-0.05, 0) is 30.9 Å². The van der Waals surface area contributed by atoms with E-state index in [1.54, 1.807) is 0 Å². The zero-order valence-electron chi connectivity index (χ0n) is 8.90. The van der Waals surface area contributed by atoms with Crippen LogP contribution >= 0.6 is 10.7 Å². The molecular formula is C11H13ClO3S. The molecule has 0 heterocycles. The van der Waals surface area contributed by atoms with Crippen LogP contribution in [-0.4, -0.2) is 19.3 Å². The number of hydrogen-bond donors (Lipinski definition) is 1. The minimum Gasteiger partial charge on any atom is -0.384 e. The van der Waals surface area contributed by atoms with Crippen molar-refractivity contribution < 1.29 is 13.5 Å². The average molecular weight is 261 g/mol. The van der Waals surface area contributed by atoms with Crippen molar-refractivity contribution in [2.75, 3.05) is 5.75 Å². The highest BCUT2D eigenvalue weighted by atomic mass is 35.7. The Hall–Kier alpha value is -0.580. The number of aliphatic hydroxyl groups is 1. The van der Waals surface area contributed by atoms with Crippen LogP contribution in [0.25, 0.3) is 0 Å². The molecule has 1 aromatic carbocycles. The minimum atomic E-state index is -3.70. The molecule has 88 valence electrons. The molecular weight excluding hydrogens is 248 g/mol. The normalized spacial score (nSPS) is 24.4. The number of aryl methyl sites for hydroxylation is 2. The summed E-state index contributed by atoms with van der Waals surface area (Å²) in [6.45, 7) is 1.91. The van der Waals surface area contributed by atoms with E-state index in [1.807, 2.05) is 25.1 Å². The van der Waals surface area contributed by atoms with Crippen molar-refractivity contribution in [3.8, 4) is 0 Å². The van der Waals surface area contributed by atoms with Crippen LogP contribution in [0, 0.1) is 6.92 Å². The molecule has 1 N–H and O–H groups in total. The fourth-order valence-corrected chi connectivity index (χ4v) is 3.66. The molecule has 1 unspecified atom stereocenters. The van der Waals surface area contributed by atoms with E-state index in [0.29, 0.717) is 18.4 Å². The van der Waals surface area contributed by atoms with Gasteiger partial charge in [-0.15, -0.1) is 0 Å². The second kappa shape index (κ2) is 3.72. The molecule has 0 aliphatic heterocycles. The van der Waals surface area contributed by atoms with E-state index >= 15 is 0 Å². The van der Waals surface area contributed by atoms with Gasteiger partial charge in [0.05, 0.1) is 5.75 Å². The molecule has 1 aromatic rings. The average Bonchev–Trinajstić information content (AvgIpc) is 2.41. The Kier molecular flexibility index (Phi) is 2.77. The van der Waals surface area contributed by atoms with Gasteiger partial charge in [0.15, 0.2) is 0 Å². The third kappa shape index (κ3) is 2.24. The molecule has 0 saturated carbocycles. The largest absolute Gasteiger partial charge is 0.384 e. The van der Waals surface area contributed by atoms with Gasteiger partial charge in [0, 0.05) is 10.7 Å². The van der Waals surface area contributed by atoms with E-state index in [1.165, 1.54) is 0 Å². The zero-order valence-corrected chi connectivity index (χ0v) is 10.5. The maximum Gasteiger partial charge on any atom is 0.235 e. The van der Waals surface area contributed by atoms with Crippen molar-refractivity contribution >= 4 is 19.7 Å². The molecule has 0 fully saturated rings. The lowest BCUT2D eigenvalue weighted by molar-refractivity contribution is 0.0632. The van der Waals surface area contributed by atoms with Crippen molar-refractivity contribution in [2.24, 2.45) is 0 Å². The Balaban J connectivity index is 2.45. The third-order valence-corrected chi connectivity index (χ3v) is 4.14. The number of fused-ring (bicyclic) bond motifs is 1. The van der Waals surface area contributed by atoms with Crippen LogP contribution in [0.3, 0.4) is 0 Å². The number of rotatable bonds is 2. The van der Waals surface area contributed by atoms with Crippen LogP contribution in [0.4, 0.5) is 0 Å². The Morgan fingerprint density at radius 3 is 2.81 bits per heavy atom. The number of halogens is 1. The van der Waals surface area contributed by atoms with Crippen molar-refractivity contribution in [2.45, 2.75) is 25.4 Å². The van der Waals surface area contributed by atoms with E-state index in [4.69, 9.17) is 10.7 Å². The van der Waals surface area contributed by atoms with Crippen molar-refractivity contribution in [1.82, 2.24) is 0 Å². The van der Waals surface area contributed by atoms with Gasteiger partial charge in [-0.25, -0.2) is 8.42 Å². The first kappa shape index (κ1) is 11.9. The summed E-state index contributed by atoms with van der Waals surface area (Å²) in [5.41, 5.74) is 1.40. The lowest BCUT2D eigenvalue weighted by Gasteiger charge is -2.22. The maximum atomic E-state index is 11.1. The Labute approximate surface area is 99.5 Å². The molecule has 16 heavy (non-hydrogen) atoms. The van der Waals surface area contributed by atoms with Gasteiger partial charge in [-0.2, -0.15) is 0 Å². The van der Waals surface area contributed by atoms with Crippen LogP contribution < -0.4 is 0 Å². The quantitative estimate of drug-likeness (QED) is 0.824. The molecule has 1 aliphatic rings. The van der Waals surface area contributed by atoms with E-state index in [0.717, 1.165) is 11.1 Å². The molecule has 0 spiro atoms. The summed E-state index contributed by atoms with van der Waals surface area (Å²) in [5, 5.41) is 10.3. The van der Waals surface area contributed by atoms with E-state index in [-0.39, 0.29) is 0 Å². The monoisotopic (exact) mass is 260 g/mol. The van der Waals surface area contributed by atoms with Crippen molar-refractivity contribution in [3.05, 3.63) is 34.9 Å². The Bertz CT molecular complexity index is 524. The van der Waals surface area contributed by atoms with E-state index < -0.39 is 20.4 Å². The highest BCUT2D eigenvalue weighted by molar-refractivity contribution is 8.13. The van der Waals surface area contributed by atoms with Crippen LogP contribution in [0.2, 0.25) is 0 Å². The SMILES string of the molecule is Cc1ccc2c(c1)C(O)(CS(=O)(=O)Cl)CC2. The number of benzene rings is 1. The summed E-state index contributed by atoms with van der Waals surface area (Å²) < 4.78 is 22.2. The van der Waals surface area contributed by atoms with E-state index in [2.05, 4.69) is 0 Å². The summed E-state index contributed by atoms with van der Waals surface area (Å²) in [7, 11) is 1.52. The highest BCUT2D eigenvalue weighted by Crippen LogP contribution is 2.38. The molecule has 5 heteroatoms. The highest BCUT2D eigenvalue weighted by Gasteiger charge is 2.40. The summed E-state index contributed by atoms with van der Waals surface area (Å²) >= 11 is 0. The second-order valence-electron chi connectivity index (χ2n) is 4.38. The predicted octanol–water partition coefficient (Wildman–Crippen LogP) is 1.70. The molecule has 0 aromatic heterocycles. The smallest absolute Gasteiger partial charge is 0.235 e. The minimum absolute atomic E-state index is 0.414. The van der Waals surface area contributed by atoms with Gasteiger partial charge in [-0.1, -0.05) is 23.8 Å². The van der Waals surface area contributed by atoms with Crippen LogP contribution in [0.15, 0.2) is 18.2 Å². The molecule has 1 atom stereocenters. The molecule has 0 saturated heterocycles. The Morgan fingerprint density at radius 1 is 1.50 bits per heavy atom. The molecule has 3 nitrogen and oxygen atoms in total.